The molecule has 1 aromatic rings. The number of aliphatic hydroxyl groups excluding tert-OH is 1. The lowest BCUT2D eigenvalue weighted by atomic mass is 9.92. The van der Waals surface area contributed by atoms with Gasteiger partial charge in [-0.2, -0.15) is 0 Å². The molecule has 1 aliphatic heterocycles. The molecule has 0 aromatic heterocycles. The van der Waals surface area contributed by atoms with Crippen LogP contribution in [0.1, 0.15) is 25.3 Å². The first kappa shape index (κ1) is 14.9. The van der Waals surface area contributed by atoms with Crippen LogP contribution in [-0.2, 0) is 6.54 Å². The predicted molar refractivity (Wildman–Crippen MR) is 77.8 cm³/mol. The Labute approximate surface area is 123 Å². The number of aromatic hydroxyl groups is 1. The van der Waals surface area contributed by atoms with Crippen molar-refractivity contribution >= 4 is 23.2 Å². The lowest BCUT2D eigenvalue weighted by molar-refractivity contribution is 0.0833. The molecule has 3 nitrogen and oxygen atoms in total. The number of halogens is 2. The molecule has 0 aliphatic carbocycles. The van der Waals surface area contributed by atoms with E-state index >= 15 is 0 Å². The fourth-order valence-electron chi connectivity index (χ4n) is 2.64. The number of aliphatic hydroxyl groups is 1. The molecule has 0 radical (unpaired) electrons. The Hall–Kier alpha value is -0.480. The fourth-order valence-corrected chi connectivity index (χ4v) is 2.99. The molecule has 0 amide bonds. The van der Waals surface area contributed by atoms with Gasteiger partial charge in [0.25, 0.3) is 0 Å². The van der Waals surface area contributed by atoms with Crippen LogP contribution in [0.4, 0.5) is 0 Å². The summed E-state index contributed by atoms with van der Waals surface area (Å²) in [6, 6.07) is 3.61. The van der Waals surface area contributed by atoms with Crippen LogP contribution in [-0.4, -0.2) is 34.3 Å². The Bertz CT molecular complexity index is 453. The van der Waals surface area contributed by atoms with Gasteiger partial charge in [-0.15, -0.1) is 0 Å². The van der Waals surface area contributed by atoms with Crippen LogP contribution in [0.2, 0.25) is 10.0 Å². The van der Waals surface area contributed by atoms with Gasteiger partial charge in [0.05, 0.1) is 10.0 Å². The second kappa shape index (κ2) is 6.31. The Morgan fingerprint density at radius 3 is 2.63 bits per heavy atom. The maximum absolute atomic E-state index is 9.92. The summed E-state index contributed by atoms with van der Waals surface area (Å²) in [6.07, 6.45) is 1.97. The van der Waals surface area contributed by atoms with Crippen molar-refractivity contribution in [2.45, 2.75) is 32.4 Å². The van der Waals surface area contributed by atoms with E-state index in [1.54, 1.807) is 6.07 Å². The highest BCUT2D eigenvalue weighted by molar-refractivity contribution is 6.42. The van der Waals surface area contributed by atoms with Gasteiger partial charge >= 0.3 is 0 Å². The van der Waals surface area contributed by atoms with Crippen molar-refractivity contribution in [3.8, 4) is 5.75 Å². The zero-order chi connectivity index (χ0) is 14.0. The molecule has 1 fully saturated rings. The topological polar surface area (TPSA) is 43.7 Å². The third kappa shape index (κ3) is 3.54. The molecule has 0 saturated carbocycles. The first-order valence-corrected chi connectivity index (χ1v) is 7.28. The first-order chi connectivity index (χ1) is 9.01. The highest BCUT2D eigenvalue weighted by Crippen LogP contribution is 2.32. The Morgan fingerprint density at radius 2 is 2.00 bits per heavy atom. The van der Waals surface area contributed by atoms with Crippen LogP contribution in [0, 0.1) is 5.92 Å². The fraction of sp³-hybridized carbons (Fsp3) is 0.571. The molecule has 5 heteroatoms. The van der Waals surface area contributed by atoms with Gasteiger partial charge in [-0.25, -0.2) is 0 Å². The van der Waals surface area contributed by atoms with Crippen LogP contribution in [0.15, 0.2) is 12.1 Å². The SMILES string of the molecule is C[C@@H]1C[C@@H](CO)CCN1Cc1cc(Cl)c(Cl)cc1O. The van der Waals surface area contributed by atoms with E-state index in [0.29, 0.717) is 28.5 Å². The largest absolute Gasteiger partial charge is 0.508 e. The van der Waals surface area contributed by atoms with Crippen molar-refractivity contribution in [1.29, 1.82) is 0 Å². The second-order valence-corrected chi connectivity index (χ2v) is 6.10. The number of nitrogens with zero attached hydrogens (tertiary/aromatic N) is 1. The summed E-state index contributed by atoms with van der Waals surface area (Å²) < 4.78 is 0. The number of likely N-dealkylation sites (tertiary alicyclic amines) is 1. The molecule has 1 saturated heterocycles. The molecule has 2 rings (SSSR count). The molecule has 1 aromatic carbocycles. The molecule has 2 N–H and O–H groups in total. The quantitative estimate of drug-likeness (QED) is 0.900. The second-order valence-electron chi connectivity index (χ2n) is 5.29. The van der Waals surface area contributed by atoms with E-state index in [4.69, 9.17) is 23.2 Å². The number of piperidine rings is 1. The summed E-state index contributed by atoms with van der Waals surface area (Å²) in [5, 5.41) is 20.0. The zero-order valence-corrected chi connectivity index (χ0v) is 12.5. The normalized spacial score (nSPS) is 24.6. The number of rotatable bonds is 3. The molecule has 2 atom stereocenters. The van der Waals surface area contributed by atoms with Crippen LogP contribution in [0.25, 0.3) is 0 Å². The summed E-state index contributed by atoms with van der Waals surface area (Å²) in [5.74, 6) is 0.583. The van der Waals surface area contributed by atoms with Gasteiger partial charge < -0.3 is 10.2 Å². The summed E-state index contributed by atoms with van der Waals surface area (Å²) in [7, 11) is 0. The van der Waals surface area contributed by atoms with Gasteiger partial charge in [-0.3, -0.25) is 4.90 Å². The molecule has 19 heavy (non-hydrogen) atoms. The molecular weight excluding hydrogens is 285 g/mol. The summed E-state index contributed by atoms with van der Waals surface area (Å²) >= 11 is 11.9. The third-order valence-electron chi connectivity index (χ3n) is 3.88. The molecule has 106 valence electrons. The van der Waals surface area contributed by atoms with E-state index in [2.05, 4.69) is 11.8 Å². The van der Waals surface area contributed by atoms with Gasteiger partial charge in [0, 0.05) is 30.8 Å². The van der Waals surface area contributed by atoms with E-state index in [-0.39, 0.29) is 12.4 Å². The van der Waals surface area contributed by atoms with Gasteiger partial charge in [0.1, 0.15) is 5.75 Å². The lowest BCUT2D eigenvalue weighted by Gasteiger charge is -2.37. The third-order valence-corrected chi connectivity index (χ3v) is 4.60. The Morgan fingerprint density at radius 1 is 1.32 bits per heavy atom. The van der Waals surface area contributed by atoms with Gasteiger partial charge in [0.2, 0.25) is 0 Å². The molecular formula is C14H19Cl2NO2. The number of phenols is 1. The first-order valence-electron chi connectivity index (χ1n) is 6.53. The lowest BCUT2D eigenvalue weighted by Crippen LogP contribution is -2.41. The maximum Gasteiger partial charge on any atom is 0.121 e. The predicted octanol–water partition coefficient (Wildman–Crippen LogP) is 3.29. The van der Waals surface area contributed by atoms with Crippen molar-refractivity contribution < 1.29 is 10.2 Å². The Balaban J connectivity index is 2.07. The van der Waals surface area contributed by atoms with Crippen LogP contribution < -0.4 is 0 Å². The summed E-state index contributed by atoms with van der Waals surface area (Å²) in [4.78, 5) is 2.30. The maximum atomic E-state index is 9.92. The highest BCUT2D eigenvalue weighted by atomic mass is 35.5. The van der Waals surface area contributed by atoms with Crippen LogP contribution in [0.5, 0.6) is 5.75 Å². The van der Waals surface area contributed by atoms with Crippen LogP contribution in [0.3, 0.4) is 0 Å². The van der Waals surface area contributed by atoms with Crippen molar-refractivity contribution in [3.63, 3.8) is 0 Å². The monoisotopic (exact) mass is 303 g/mol. The van der Waals surface area contributed by atoms with Crippen molar-refractivity contribution in [2.75, 3.05) is 13.2 Å². The summed E-state index contributed by atoms with van der Waals surface area (Å²) in [6.45, 7) is 3.99. The molecule has 0 bridgehead atoms. The Kier molecular flexibility index (Phi) is 4.96. The minimum absolute atomic E-state index is 0.186. The smallest absolute Gasteiger partial charge is 0.121 e. The molecule has 1 aliphatic rings. The summed E-state index contributed by atoms with van der Waals surface area (Å²) in [5.41, 5.74) is 0.795. The minimum atomic E-state index is 0.186. The number of hydrogen-bond acceptors (Lipinski definition) is 3. The number of hydrogen-bond donors (Lipinski definition) is 2. The van der Waals surface area contributed by atoms with Crippen molar-refractivity contribution in [1.82, 2.24) is 4.90 Å². The van der Waals surface area contributed by atoms with Crippen molar-refractivity contribution in [3.05, 3.63) is 27.7 Å². The van der Waals surface area contributed by atoms with Gasteiger partial charge in [0.15, 0.2) is 0 Å². The number of benzene rings is 1. The molecule has 0 spiro atoms. The van der Waals surface area contributed by atoms with Crippen molar-refractivity contribution in [2.24, 2.45) is 5.92 Å². The highest BCUT2D eigenvalue weighted by Gasteiger charge is 2.25. The van der Waals surface area contributed by atoms with Crippen LogP contribution >= 0.6 is 23.2 Å². The minimum Gasteiger partial charge on any atom is -0.508 e. The van der Waals surface area contributed by atoms with Gasteiger partial charge in [-0.05, 0) is 38.3 Å². The van der Waals surface area contributed by atoms with E-state index in [1.165, 1.54) is 6.07 Å². The average Bonchev–Trinajstić information content (AvgIpc) is 2.38. The molecule has 0 unspecified atom stereocenters. The van der Waals surface area contributed by atoms with E-state index in [9.17, 15) is 10.2 Å². The zero-order valence-electron chi connectivity index (χ0n) is 10.9. The van der Waals surface area contributed by atoms with E-state index in [1.807, 2.05) is 0 Å². The molecule has 1 heterocycles. The average molecular weight is 304 g/mol. The van der Waals surface area contributed by atoms with E-state index < -0.39 is 0 Å². The number of phenolic OH excluding ortho intramolecular Hbond substituents is 1. The van der Waals surface area contributed by atoms with E-state index in [0.717, 1.165) is 24.9 Å². The standard InChI is InChI=1S/C14H19Cl2NO2/c1-9-4-10(8-18)2-3-17(9)7-11-5-12(15)13(16)6-14(11)19/h5-6,9-10,18-19H,2-4,7-8H2,1H3/t9-,10+/m1/s1. The van der Waals surface area contributed by atoms with Gasteiger partial charge in [-0.1, -0.05) is 23.2 Å².